The van der Waals surface area contributed by atoms with Gasteiger partial charge in [0.2, 0.25) is 0 Å². The number of benzene rings is 2. The minimum absolute atomic E-state index is 0. The van der Waals surface area contributed by atoms with Crippen LogP contribution in [0.25, 0.3) is 0 Å². The summed E-state index contributed by atoms with van der Waals surface area (Å²) in [6.07, 6.45) is 2.40. The molecule has 0 bridgehead atoms. The Morgan fingerprint density at radius 3 is 1.36 bits per heavy atom. The minimum atomic E-state index is -0.288. The number of halogens is 2. The van der Waals surface area contributed by atoms with Crippen molar-refractivity contribution in [2.45, 2.75) is 25.7 Å². The molecule has 2 aromatic carbocycles. The third kappa shape index (κ3) is 8.06. The van der Waals surface area contributed by atoms with E-state index < -0.39 is 0 Å². The van der Waals surface area contributed by atoms with Crippen molar-refractivity contribution >= 4 is 58.3 Å². The monoisotopic (exact) mass is 572 g/mol. The minimum Gasteiger partial charge on any atom is -0.858 e. The van der Waals surface area contributed by atoms with Gasteiger partial charge in [-0.1, -0.05) is 48.5 Å². The van der Waals surface area contributed by atoms with Gasteiger partial charge in [-0.3, -0.25) is 10.8 Å². The predicted molar refractivity (Wildman–Crippen MR) is 138 cm³/mol. The Kier molecular flexibility index (Phi) is 13.2. The zero-order chi connectivity index (χ0) is 24.5. The van der Waals surface area contributed by atoms with E-state index in [1.807, 2.05) is 12.1 Å². The van der Waals surface area contributed by atoms with Crippen molar-refractivity contribution in [2.75, 3.05) is 11.8 Å². The van der Waals surface area contributed by atoms with Crippen LogP contribution in [-0.2, 0) is 16.5 Å². The molecular formula is C24H24Cl2N6NiO3. The van der Waals surface area contributed by atoms with Gasteiger partial charge >= 0.3 is 16.5 Å². The van der Waals surface area contributed by atoms with E-state index in [1.54, 1.807) is 36.4 Å². The maximum absolute atomic E-state index is 11.5. The van der Waals surface area contributed by atoms with Crippen LogP contribution in [-0.4, -0.2) is 52.4 Å². The van der Waals surface area contributed by atoms with Crippen LogP contribution >= 0.6 is 23.2 Å². The van der Waals surface area contributed by atoms with E-state index in [9.17, 15) is 10.2 Å². The average molecular weight is 574 g/mol. The number of fused-ring (bicyclic) bond motifs is 2. The molecule has 0 radical (unpaired) electrons. The number of nitrogens with one attached hydrogen (secondary N) is 2. The zero-order valence-corrected chi connectivity index (χ0v) is 21.5. The maximum atomic E-state index is 11.5. The standard InChI is InChI=1S/2C12H12ClN3O.Ni.H2O/c2*13-7-3-6-10(14)15-11-8-4-1-2-5-9(8)12(17)16-11;;/h2*1-2,4-5H,3,6-7H2,(H2,14,15,16,17);;1H2/q;;+2;/p-2. The zero-order valence-electron chi connectivity index (χ0n) is 19.0. The maximum Gasteiger partial charge on any atom is 2.00 e. The Labute approximate surface area is 229 Å². The molecule has 0 fully saturated rings. The molecule has 2 aliphatic rings. The van der Waals surface area contributed by atoms with Gasteiger partial charge in [0.15, 0.2) is 11.7 Å². The molecule has 0 saturated heterocycles. The summed E-state index contributed by atoms with van der Waals surface area (Å²) in [6.45, 7) is 0. The van der Waals surface area contributed by atoms with Crippen molar-refractivity contribution in [1.82, 2.24) is 0 Å². The van der Waals surface area contributed by atoms with E-state index in [0.29, 0.717) is 71.4 Å². The van der Waals surface area contributed by atoms with Crippen molar-refractivity contribution in [3.63, 3.8) is 0 Å². The molecule has 0 aliphatic carbocycles. The fourth-order valence-electron chi connectivity index (χ4n) is 3.17. The van der Waals surface area contributed by atoms with Crippen LogP contribution in [0, 0.1) is 10.8 Å². The van der Waals surface area contributed by atoms with E-state index in [2.05, 4.69) is 20.0 Å². The summed E-state index contributed by atoms with van der Waals surface area (Å²) < 4.78 is 0. The quantitative estimate of drug-likeness (QED) is 0.233. The Morgan fingerprint density at radius 1 is 0.694 bits per heavy atom. The van der Waals surface area contributed by atoms with Crippen molar-refractivity contribution < 1.29 is 32.2 Å². The Balaban J connectivity index is 0.000000341. The van der Waals surface area contributed by atoms with Gasteiger partial charge in [0.05, 0.1) is 0 Å². The van der Waals surface area contributed by atoms with Crippen LogP contribution in [0.2, 0.25) is 0 Å². The second kappa shape index (κ2) is 15.3. The number of alkyl halides is 2. The van der Waals surface area contributed by atoms with Crippen LogP contribution < -0.4 is 10.2 Å². The van der Waals surface area contributed by atoms with Gasteiger partial charge in [0.1, 0.15) is 11.7 Å². The summed E-state index contributed by atoms with van der Waals surface area (Å²) in [5.74, 6) is 1.51. The third-order valence-corrected chi connectivity index (χ3v) is 5.32. The summed E-state index contributed by atoms with van der Waals surface area (Å²) in [4.78, 5) is 15.8. The average Bonchev–Trinajstić information content (AvgIpc) is 3.33. The number of aliphatic imine (C=N–C) groups is 4. The van der Waals surface area contributed by atoms with Crippen LogP contribution in [0.15, 0.2) is 68.5 Å². The van der Waals surface area contributed by atoms with E-state index in [4.69, 9.17) is 34.0 Å². The van der Waals surface area contributed by atoms with Gasteiger partial charge in [0.25, 0.3) is 0 Å². The molecule has 2 aliphatic heterocycles. The smallest absolute Gasteiger partial charge is 0.858 e. The molecule has 0 saturated carbocycles. The molecule has 192 valence electrons. The molecule has 0 spiro atoms. The molecule has 2 aromatic rings. The molecule has 0 atom stereocenters. The van der Waals surface area contributed by atoms with E-state index >= 15 is 0 Å². The molecule has 4 N–H and O–H groups in total. The summed E-state index contributed by atoms with van der Waals surface area (Å²) in [6, 6.07) is 14.2. The molecule has 9 nitrogen and oxygen atoms in total. The predicted octanol–water partition coefficient (Wildman–Crippen LogP) is 2.27. The van der Waals surface area contributed by atoms with Crippen LogP contribution in [0.4, 0.5) is 0 Å². The molecule has 0 aromatic heterocycles. The molecular weight excluding hydrogens is 550 g/mol. The largest absolute Gasteiger partial charge is 2.00 e. The second-order valence-electron chi connectivity index (χ2n) is 7.27. The van der Waals surface area contributed by atoms with Gasteiger partial charge in [-0.25, -0.2) is 20.0 Å². The Bertz CT molecular complexity index is 1120. The number of nitrogens with zero attached hydrogens (tertiary/aromatic N) is 4. The molecule has 0 unspecified atom stereocenters. The topological polar surface area (TPSA) is 175 Å². The first-order chi connectivity index (χ1) is 16.4. The summed E-state index contributed by atoms with van der Waals surface area (Å²) in [5.41, 5.74) is 2.51. The second-order valence-corrected chi connectivity index (χ2v) is 8.03. The van der Waals surface area contributed by atoms with Gasteiger partial charge < -0.3 is 15.7 Å². The Morgan fingerprint density at radius 2 is 1.03 bits per heavy atom. The molecule has 0 amide bonds. The van der Waals surface area contributed by atoms with Crippen molar-refractivity contribution in [3.8, 4) is 0 Å². The SMILES string of the molecule is N=C(CCCCl)N=C1N=C([O-])c2ccccc21.N=C(CCCCl)N=C1N=C([O-])c2ccccc21.O.[Ni+2]. The number of hydrogen-bond donors (Lipinski definition) is 2. The number of rotatable bonds is 6. The van der Waals surface area contributed by atoms with E-state index in [-0.39, 0.29) is 45.4 Å². The molecule has 4 rings (SSSR count). The van der Waals surface area contributed by atoms with Crippen molar-refractivity contribution in [1.29, 1.82) is 10.8 Å². The fourth-order valence-corrected chi connectivity index (χ4v) is 3.44. The fraction of sp³-hybridized carbons (Fsp3) is 0.250. The van der Waals surface area contributed by atoms with Crippen LogP contribution in [0.3, 0.4) is 0 Å². The van der Waals surface area contributed by atoms with Crippen molar-refractivity contribution in [3.05, 3.63) is 70.8 Å². The van der Waals surface area contributed by atoms with E-state index in [1.165, 1.54) is 0 Å². The number of hydrogen-bond acceptors (Lipinski definition) is 4. The van der Waals surface area contributed by atoms with Gasteiger partial charge in [-0.2, -0.15) is 0 Å². The first-order valence-electron chi connectivity index (χ1n) is 10.6. The third-order valence-electron chi connectivity index (χ3n) is 4.79. The van der Waals surface area contributed by atoms with Crippen molar-refractivity contribution in [2.24, 2.45) is 20.0 Å². The van der Waals surface area contributed by atoms with Gasteiger partial charge in [-0.05, 0) is 35.8 Å². The summed E-state index contributed by atoms with van der Waals surface area (Å²) in [7, 11) is 0. The molecule has 12 heteroatoms. The van der Waals surface area contributed by atoms with Crippen LogP contribution in [0.1, 0.15) is 47.9 Å². The Hall–Kier alpha value is -2.91. The summed E-state index contributed by atoms with van der Waals surface area (Å²) in [5, 5.41) is 38.4. The number of amidine groups is 4. The van der Waals surface area contributed by atoms with Gasteiger partial charge in [0, 0.05) is 35.7 Å². The molecule has 36 heavy (non-hydrogen) atoms. The summed E-state index contributed by atoms with van der Waals surface area (Å²) >= 11 is 11.1. The first-order valence-corrected chi connectivity index (χ1v) is 11.7. The van der Waals surface area contributed by atoms with Crippen LogP contribution in [0.5, 0.6) is 0 Å². The normalized spacial score (nSPS) is 14.9. The molecule has 2 heterocycles. The van der Waals surface area contributed by atoms with E-state index in [0.717, 1.165) is 0 Å². The first kappa shape index (κ1) is 31.1. The van der Waals surface area contributed by atoms with Gasteiger partial charge in [-0.15, -0.1) is 23.2 Å².